The van der Waals surface area contributed by atoms with Crippen LogP contribution >= 0.6 is 0 Å². The Kier molecular flexibility index (Phi) is 5.63. The summed E-state index contributed by atoms with van der Waals surface area (Å²) in [5, 5.41) is 4.90. The molecule has 0 radical (unpaired) electrons. The number of amides is 2. The Balaban J connectivity index is 1.87. The fourth-order valence-electron chi connectivity index (χ4n) is 1.97. The van der Waals surface area contributed by atoms with Gasteiger partial charge in [0.25, 0.3) is 0 Å². The number of benzene rings is 2. The molecule has 0 fully saturated rings. The molecule has 0 saturated carbocycles. The van der Waals surface area contributed by atoms with E-state index in [-0.39, 0.29) is 5.69 Å². The van der Waals surface area contributed by atoms with Crippen molar-refractivity contribution in [3.8, 4) is 5.75 Å². The first kappa shape index (κ1) is 18.3. The van der Waals surface area contributed by atoms with E-state index in [1.165, 1.54) is 7.11 Å². The molecule has 0 aliphatic rings. The molecule has 2 rings (SSSR count). The first-order chi connectivity index (χ1) is 11.8. The van der Waals surface area contributed by atoms with Gasteiger partial charge in [-0.25, -0.2) is 0 Å². The molecule has 0 saturated heterocycles. The van der Waals surface area contributed by atoms with Gasteiger partial charge in [-0.15, -0.1) is 0 Å². The third kappa shape index (κ3) is 5.52. The molecule has 5 nitrogen and oxygen atoms in total. The number of anilines is 2. The van der Waals surface area contributed by atoms with Gasteiger partial charge in [-0.05, 0) is 48.5 Å². The molecule has 0 spiro atoms. The van der Waals surface area contributed by atoms with Crippen LogP contribution in [-0.2, 0) is 15.8 Å². The van der Waals surface area contributed by atoms with Gasteiger partial charge in [-0.1, -0.05) is 0 Å². The molecule has 0 heterocycles. The maximum absolute atomic E-state index is 12.5. The number of carbonyl (C=O) groups excluding carboxylic acids is 2. The van der Waals surface area contributed by atoms with Crippen LogP contribution < -0.4 is 15.4 Å². The zero-order valence-electron chi connectivity index (χ0n) is 13.2. The molecule has 0 aliphatic carbocycles. The van der Waals surface area contributed by atoms with E-state index in [0.717, 1.165) is 24.3 Å². The highest BCUT2D eigenvalue weighted by atomic mass is 19.4. The largest absolute Gasteiger partial charge is 0.497 e. The monoisotopic (exact) mass is 352 g/mol. The summed E-state index contributed by atoms with van der Waals surface area (Å²) in [6, 6.07) is 10.5. The van der Waals surface area contributed by atoms with Crippen molar-refractivity contribution in [2.24, 2.45) is 0 Å². The van der Waals surface area contributed by atoms with E-state index in [4.69, 9.17) is 4.74 Å². The molecule has 0 aromatic heterocycles. The number of alkyl halides is 3. The van der Waals surface area contributed by atoms with E-state index in [9.17, 15) is 22.8 Å². The Morgan fingerprint density at radius 2 is 1.32 bits per heavy atom. The van der Waals surface area contributed by atoms with Gasteiger partial charge in [0.1, 0.15) is 12.2 Å². The van der Waals surface area contributed by atoms with Gasteiger partial charge < -0.3 is 15.4 Å². The molecule has 0 unspecified atom stereocenters. The molecule has 0 aliphatic heterocycles. The van der Waals surface area contributed by atoms with Crippen LogP contribution in [0, 0.1) is 0 Å². The van der Waals surface area contributed by atoms with Gasteiger partial charge in [-0.2, -0.15) is 13.2 Å². The highest BCUT2D eigenvalue weighted by molar-refractivity contribution is 6.08. The number of hydrogen-bond acceptors (Lipinski definition) is 3. The molecule has 0 atom stereocenters. The van der Waals surface area contributed by atoms with E-state index in [1.807, 2.05) is 0 Å². The zero-order chi connectivity index (χ0) is 18.4. The quantitative estimate of drug-likeness (QED) is 0.807. The van der Waals surface area contributed by atoms with E-state index in [2.05, 4.69) is 10.6 Å². The Labute approximate surface area is 141 Å². The summed E-state index contributed by atoms with van der Waals surface area (Å²) >= 11 is 0. The molecule has 2 aromatic carbocycles. The highest BCUT2D eigenvalue weighted by Crippen LogP contribution is 2.29. The number of rotatable bonds is 5. The van der Waals surface area contributed by atoms with E-state index in [0.29, 0.717) is 11.4 Å². The maximum atomic E-state index is 12.5. The number of carbonyl (C=O) groups is 2. The van der Waals surface area contributed by atoms with Crippen molar-refractivity contribution in [3.05, 3.63) is 54.1 Å². The van der Waals surface area contributed by atoms with Crippen molar-refractivity contribution in [3.63, 3.8) is 0 Å². The van der Waals surface area contributed by atoms with Crippen molar-refractivity contribution >= 4 is 23.2 Å². The van der Waals surface area contributed by atoms with Gasteiger partial charge in [-0.3, -0.25) is 9.59 Å². The number of methoxy groups -OCH3 is 1. The second-order valence-corrected chi connectivity index (χ2v) is 5.08. The smallest absolute Gasteiger partial charge is 0.416 e. The molecular weight excluding hydrogens is 337 g/mol. The number of hydrogen-bond donors (Lipinski definition) is 2. The number of halogens is 3. The van der Waals surface area contributed by atoms with Crippen LogP contribution in [0.1, 0.15) is 12.0 Å². The molecular formula is C17H15F3N2O3. The molecule has 132 valence electrons. The van der Waals surface area contributed by atoms with Crippen molar-refractivity contribution in [1.82, 2.24) is 0 Å². The lowest BCUT2D eigenvalue weighted by molar-refractivity contribution is -0.137. The van der Waals surface area contributed by atoms with Crippen LogP contribution in [-0.4, -0.2) is 18.9 Å². The third-order valence-corrected chi connectivity index (χ3v) is 3.19. The summed E-state index contributed by atoms with van der Waals surface area (Å²) in [6.07, 6.45) is -4.91. The molecule has 2 aromatic rings. The summed E-state index contributed by atoms with van der Waals surface area (Å²) in [7, 11) is 1.51. The Hall–Kier alpha value is -3.03. The number of ether oxygens (including phenoxy) is 1. The first-order valence-electron chi connectivity index (χ1n) is 7.19. The Bertz CT molecular complexity index is 741. The van der Waals surface area contributed by atoms with Crippen LogP contribution in [0.2, 0.25) is 0 Å². The minimum atomic E-state index is -4.44. The lowest BCUT2D eigenvalue weighted by Gasteiger charge is -2.09. The van der Waals surface area contributed by atoms with Crippen LogP contribution in [0.3, 0.4) is 0 Å². The van der Waals surface area contributed by atoms with Crippen LogP contribution in [0.15, 0.2) is 48.5 Å². The molecule has 25 heavy (non-hydrogen) atoms. The summed E-state index contributed by atoms with van der Waals surface area (Å²) in [6.45, 7) is 0. The summed E-state index contributed by atoms with van der Waals surface area (Å²) in [4.78, 5) is 23.6. The zero-order valence-corrected chi connectivity index (χ0v) is 13.2. The molecule has 8 heteroatoms. The lowest BCUT2D eigenvalue weighted by Crippen LogP contribution is -2.21. The second-order valence-electron chi connectivity index (χ2n) is 5.08. The van der Waals surface area contributed by atoms with Gasteiger partial charge in [0.05, 0.1) is 12.7 Å². The number of nitrogens with one attached hydrogen (secondary N) is 2. The SMILES string of the molecule is COc1ccc(NC(=O)CC(=O)Nc2ccc(C(F)(F)F)cc2)cc1. The fraction of sp³-hybridized carbons (Fsp3) is 0.176. The maximum Gasteiger partial charge on any atom is 0.416 e. The van der Waals surface area contributed by atoms with Gasteiger partial charge in [0.15, 0.2) is 0 Å². The summed E-state index contributed by atoms with van der Waals surface area (Å²) < 4.78 is 42.4. The third-order valence-electron chi connectivity index (χ3n) is 3.19. The average Bonchev–Trinajstić information content (AvgIpc) is 2.55. The van der Waals surface area contributed by atoms with E-state index in [1.54, 1.807) is 24.3 Å². The van der Waals surface area contributed by atoms with Crippen molar-refractivity contribution in [2.75, 3.05) is 17.7 Å². The minimum Gasteiger partial charge on any atom is -0.497 e. The normalized spacial score (nSPS) is 10.9. The standard InChI is InChI=1S/C17H15F3N2O3/c1-25-14-8-6-13(7-9-14)22-16(24)10-15(23)21-12-4-2-11(3-5-12)17(18,19)20/h2-9H,10H2,1H3,(H,21,23)(H,22,24). The fourth-order valence-corrected chi connectivity index (χ4v) is 1.97. The van der Waals surface area contributed by atoms with Crippen LogP contribution in [0.25, 0.3) is 0 Å². The topological polar surface area (TPSA) is 67.4 Å². The van der Waals surface area contributed by atoms with Crippen LogP contribution in [0.4, 0.5) is 24.5 Å². The summed E-state index contributed by atoms with van der Waals surface area (Å²) in [5.74, 6) is -0.557. The van der Waals surface area contributed by atoms with Gasteiger partial charge >= 0.3 is 6.18 Å². The van der Waals surface area contributed by atoms with Gasteiger partial charge in [0.2, 0.25) is 11.8 Å². The first-order valence-corrected chi connectivity index (χ1v) is 7.19. The van der Waals surface area contributed by atoms with Crippen molar-refractivity contribution in [1.29, 1.82) is 0 Å². The highest BCUT2D eigenvalue weighted by Gasteiger charge is 2.30. The summed E-state index contributed by atoms with van der Waals surface area (Å²) in [5.41, 5.74) is -0.147. The molecule has 2 N–H and O–H groups in total. The predicted molar refractivity (Wildman–Crippen MR) is 86.3 cm³/mol. The van der Waals surface area contributed by atoms with Crippen molar-refractivity contribution in [2.45, 2.75) is 12.6 Å². The van der Waals surface area contributed by atoms with Gasteiger partial charge in [0, 0.05) is 11.4 Å². The molecule has 0 bridgehead atoms. The Morgan fingerprint density at radius 1 is 0.880 bits per heavy atom. The predicted octanol–water partition coefficient (Wildman–Crippen LogP) is 3.68. The van der Waals surface area contributed by atoms with Crippen molar-refractivity contribution < 1.29 is 27.5 Å². The Morgan fingerprint density at radius 3 is 1.72 bits per heavy atom. The average molecular weight is 352 g/mol. The second kappa shape index (κ2) is 7.69. The van der Waals surface area contributed by atoms with E-state index < -0.39 is 30.0 Å². The lowest BCUT2D eigenvalue weighted by atomic mass is 10.2. The van der Waals surface area contributed by atoms with E-state index >= 15 is 0 Å². The van der Waals surface area contributed by atoms with Crippen LogP contribution in [0.5, 0.6) is 5.75 Å². The minimum absolute atomic E-state index is 0.176. The molecule has 2 amide bonds.